The summed E-state index contributed by atoms with van der Waals surface area (Å²) in [5.41, 5.74) is -0.548. The highest BCUT2D eigenvalue weighted by molar-refractivity contribution is 5.19. The first-order chi connectivity index (χ1) is 6.96. The van der Waals surface area contributed by atoms with Gasteiger partial charge in [0.25, 0.3) is 0 Å². The van der Waals surface area contributed by atoms with Crippen LogP contribution in [-0.2, 0) is 6.54 Å². The summed E-state index contributed by atoms with van der Waals surface area (Å²) in [5, 5.41) is 11.8. The third-order valence-corrected chi connectivity index (χ3v) is 2.20. The van der Waals surface area contributed by atoms with Crippen LogP contribution in [0.5, 0.6) is 0 Å². The summed E-state index contributed by atoms with van der Waals surface area (Å²) in [6, 6.07) is 3.75. The molecule has 0 aliphatic carbocycles. The van der Waals surface area contributed by atoms with Crippen LogP contribution < -0.4 is 5.32 Å². The normalized spacial score (nSPS) is 11.8. The average Bonchev–Trinajstić information content (AvgIpc) is 2.17. The molecular weight excluding hydrogens is 200 g/mol. The molecule has 2 nitrogen and oxygen atoms in total. The van der Waals surface area contributed by atoms with Crippen LogP contribution >= 0.6 is 0 Å². The lowest BCUT2D eigenvalue weighted by Gasteiger charge is -2.23. The van der Waals surface area contributed by atoms with Gasteiger partial charge < -0.3 is 10.4 Å². The molecule has 4 heteroatoms. The molecule has 0 amide bonds. The van der Waals surface area contributed by atoms with Crippen LogP contribution in [0.15, 0.2) is 18.2 Å². The van der Waals surface area contributed by atoms with Gasteiger partial charge in [-0.3, -0.25) is 0 Å². The fraction of sp³-hybridized carbons (Fsp3) is 0.455. The molecular formula is C11H15F2NO. The molecule has 0 radical (unpaired) electrons. The molecule has 0 bridgehead atoms. The average molecular weight is 215 g/mol. The zero-order valence-electron chi connectivity index (χ0n) is 8.85. The minimum atomic E-state index is -0.573. The molecule has 0 heterocycles. The molecule has 0 atom stereocenters. The fourth-order valence-electron chi connectivity index (χ4n) is 1.08. The first kappa shape index (κ1) is 12.1. The van der Waals surface area contributed by atoms with Crippen LogP contribution in [0, 0.1) is 11.6 Å². The van der Waals surface area contributed by atoms with E-state index in [0.29, 0.717) is 0 Å². The van der Waals surface area contributed by atoms with E-state index in [1.807, 2.05) is 0 Å². The van der Waals surface area contributed by atoms with Gasteiger partial charge in [-0.15, -0.1) is 0 Å². The van der Waals surface area contributed by atoms with Gasteiger partial charge in [-0.05, 0) is 26.0 Å². The summed E-state index contributed by atoms with van der Waals surface area (Å²) >= 11 is 0. The smallest absolute Gasteiger partial charge is 0.130 e. The molecule has 0 aliphatic heterocycles. The van der Waals surface area contributed by atoms with Crippen molar-refractivity contribution in [2.24, 2.45) is 0 Å². The van der Waals surface area contributed by atoms with Crippen molar-refractivity contribution in [3.8, 4) is 0 Å². The lowest BCUT2D eigenvalue weighted by atomic mass is 10.1. The van der Waals surface area contributed by atoms with Crippen molar-refractivity contribution in [3.05, 3.63) is 35.4 Å². The number of aliphatic hydroxyl groups excluding tert-OH is 1. The summed E-state index contributed by atoms with van der Waals surface area (Å²) in [7, 11) is 0. The standard InChI is InChI=1S/C11H15F2NO/c1-11(2,7-15)14-6-8-9(12)4-3-5-10(8)13/h3-5,14-15H,6-7H2,1-2H3. The highest BCUT2D eigenvalue weighted by Crippen LogP contribution is 2.13. The maximum atomic E-state index is 13.2. The van der Waals surface area contributed by atoms with E-state index in [-0.39, 0.29) is 18.7 Å². The van der Waals surface area contributed by atoms with Gasteiger partial charge in [-0.1, -0.05) is 6.07 Å². The largest absolute Gasteiger partial charge is 0.394 e. The number of rotatable bonds is 4. The Labute approximate surface area is 87.9 Å². The number of hydrogen-bond donors (Lipinski definition) is 2. The Bertz CT molecular complexity index is 319. The molecule has 84 valence electrons. The second-order valence-corrected chi connectivity index (χ2v) is 4.10. The fourth-order valence-corrected chi connectivity index (χ4v) is 1.08. The highest BCUT2D eigenvalue weighted by Gasteiger charge is 2.17. The summed E-state index contributed by atoms with van der Waals surface area (Å²) in [6.07, 6.45) is 0. The molecule has 0 saturated carbocycles. The Morgan fingerprint density at radius 1 is 1.27 bits per heavy atom. The molecule has 0 unspecified atom stereocenters. The predicted molar refractivity (Wildman–Crippen MR) is 54.4 cm³/mol. The number of halogens is 2. The summed E-state index contributed by atoms with van der Waals surface area (Å²) in [5.74, 6) is -1.15. The lowest BCUT2D eigenvalue weighted by Crippen LogP contribution is -2.42. The lowest BCUT2D eigenvalue weighted by molar-refractivity contribution is 0.186. The molecule has 0 aromatic heterocycles. The second kappa shape index (κ2) is 4.68. The Morgan fingerprint density at radius 2 is 1.80 bits per heavy atom. The van der Waals surface area contributed by atoms with Crippen molar-refractivity contribution in [3.63, 3.8) is 0 Å². The van der Waals surface area contributed by atoms with Gasteiger partial charge in [0.2, 0.25) is 0 Å². The van der Waals surface area contributed by atoms with E-state index in [0.717, 1.165) is 0 Å². The quantitative estimate of drug-likeness (QED) is 0.803. The van der Waals surface area contributed by atoms with E-state index >= 15 is 0 Å². The molecule has 0 aliphatic rings. The molecule has 0 fully saturated rings. The third kappa shape index (κ3) is 3.25. The summed E-state index contributed by atoms with van der Waals surface area (Å²) < 4.78 is 26.4. The Kier molecular flexibility index (Phi) is 3.77. The molecule has 0 saturated heterocycles. The molecule has 15 heavy (non-hydrogen) atoms. The molecule has 1 aromatic carbocycles. The summed E-state index contributed by atoms with van der Waals surface area (Å²) in [6.45, 7) is 3.48. The van der Waals surface area contributed by atoms with Crippen molar-refractivity contribution < 1.29 is 13.9 Å². The Hall–Kier alpha value is -1.00. The molecule has 2 N–H and O–H groups in total. The van der Waals surface area contributed by atoms with Crippen LogP contribution in [0.4, 0.5) is 8.78 Å². The Morgan fingerprint density at radius 3 is 2.27 bits per heavy atom. The summed E-state index contributed by atoms with van der Waals surface area (Å²) in [4.78, 5) is 0. The van der Waals surface area contributed by atoms with Crippen LogP contribution in [0.1, 0.15) is 19.4 Å². The zero-order chi connectivity index (χ0) is 11.5. The van der Waals surface area contributed by atoms with Crippen molar-refractivity contribution >= 4 is 0 Å². The monoisotopic (exact) mass is 215 g/mol. The maximum Gasteiger partial charge on any atom is 0.130 e. The third-order valence-electron chi connectivity index (χ3n) is 2.20. The maximum absolute atomic E-state index is 13.2. The van der Waals surface area contributed by atoms with Crippen LogP contribution in [0.2, 0.25) is 0 Å². The number of nitrogens with one attached hydrogen (secondary N) is 1. The van der Waals surface area contributed by atoms with Gasteiger partial charge in [-0.25, -0.2) is 8.78 Å². The van der Waals surface area contributed by atoms with Crippen LogP contribution in [0.3, 0.4) is 0 Å². The molecule has 1 aromatic rings. The van der Waals surface area contributed by atoms with E-state index in [1.165, 1.54) is 18.2 Å². The second-order valence-electron chi connectivity index (χ2n) is 4.10. The van der Waals surface area contributed by atoms with E-state index in [4.69, 9.17) is 5.11 Å². The Balaban J connectivity index is 2.73. The highest BCUT2D eigenvalue weighted by atomic mass is 19.1. The van der Waals surface area contributed by atoms with E-state index in [2.05, 4.69) is 5.32 Å². The molecule has 1 rings (SSSR count). The predicted octanol–water partition coefficient (Wildman–Crippen LogP) is 1.83. The van der Waals surface area contributed by atoms with Crippen molar-refractivity contribution in [2.45, 2.75) is 25.9 Å². The first-order valence-corrected chi connectivity index (χ1v) is 4.75. The van der Waals surface area contributed by atoms with Gasteiger partial charge in [0, 0.05) is 17.6 Å². The van der Waals surface area contributed by atoms with Crippen LogP contribution in [-0.4, -0.2) is 17.3 Å². The van der Waals surface area contributed by atoms with Gasteiger partial charge in [0.15, 0.2) is 0 Å². The van der Waals surface area contributed by atoms with Gasteiger partial charge in [0.1, 0.15) is 11.6 Å². The zero-order valence-corrected chi connectivity index (χ0v) is 8.85. The van der Waals surface area contributed by atoms with Gasteiger partial charge >= 0.3 is 0 Å². The van der Waals surface area contributed by atoms with E-state index in [1.54, 1.807) is 13.8 Å². The topological polar surface area (TPSA) is 32.3 Å². The van der Waals surface area contributed by atoms with E-state index < -0.39 is 17.2 Å². The molecule has 0 spiro atoms. The van der Waals surface area contributed by atoms with Crippen molar-refractivity contribution in [2.75, 3.05) is 6.61 Å². The minimum absolute atomic E-state index is 0.000903. The number of hydrogen-bond acceptors (Lipinski definition) is 2. The van der Waals surface area contributed by atoms with Crippen LogP contribution in [0.25, 0.3) is 0 Å². The van der Waals surface area contributed by atoms with Gasteiger partial charge in [-0.2, -0.15) is 0 Å². The first-order valence-electron chi connectivity index (χ1n) is 4.75. The van der Waals surface area contributed by atoms with Crippen molar-refractivity contribution in [1.82, 2.24) is 5.32 Å². The van der Waals surface area contributed by atoms with Gasteiger partial charge in [0.05, 0.1) is 6.61 Å². The van der Waals surface area contributed by atoms with Crippen molar-refractivity contribution in [1.29, 1.82) is 0 Å². The SMILES string of the molecule is CC(C)(CO)NCc1c(F)cccc1F. The minimum Gasteiger partial charge on any atom is -0.394 e. The number of benzene rings is 1. The number of aliphatic hydroxyl groups is 1. The van der Waals surface area contributed by atoms with E-state index in [9.17, 15) is 8.78 Å².